The molecule has 0 saturated carbocycles. The standard InChI is InChI=1S/C32H33F2N5O3/c1-22-18-26(34)7-6-24(22)5-3-2-4-23-19-30(39(20-23)31(40)21-38-17-16-35-37-38)32(41)36-27-10-14-29(15-11-27)42-28-12-8-25(33)9-13-28/h6-18,23,30H,2-5,19-21H2,1H3,(H,36,41). The van der Waals surface area contributed by atoms with Crippen LogP contribution in [0.2, 0.25) is 0 Å². The second-order valence-corrected chi connectivity index (χ2v) is 10.7. The van der Waals surface area contributed by atoms with Gasteiger partial charge in [-0.05, 0) is 110 Å². The molecule has 0 aliphatic carbocycles. The van der Waals surface area contributed by atoms with Gasteiger partial charge in [-0.2, -0.15) is 0 Å². The number of nitrogens with zero attached hydrogens (tertiary/aromatic N) is 4. The van der Waals surface area contributed by atoms with Gasteiger partial charge in [0, 0.05) is 18.4 Å². The molecule has 5 rings (SSSR count). The van der Waals surface area contributed by atoms with Crippen LogP contribution in [-0.2, 0) is 22.6 Å². The Labute approximate surface area is 243 Å². The van der Waals surface area contributed by atoms with Gasteiger partial charge in [-0.3, -0.25) is 9.59 Å². The van der Waals surface area contributed by atoms with Crippen LogP contribution in [-0.4, -0.2) is 44.3 Å². The lowest BCUT2D eigenvalue weighted by molar-refractivity contribution is -0.137. The molecule has 42 heavy (non-hydrogen) atoms. The summed E-state index contributed by atoms with van der Waals surface area (Å²) >= 11 is 0. The number of carbonyl (C=O) groups is 2. The largest absolute Gasteiger partial charge is 0.457 e. The van der Waals surface area contributed by atoms with Crippen molar-refractivity contribution in [1.29, 1.82) is 0 Å². The van der Waals surface area contributed by atoms with Crippen molar-refractivity contribution in [3.63, 3.8) is 0 Å². The van der Waals surface area contributed by atoms with E-state index in [0.29, 0.717) is 30.2 Å². The van der Waals surface area contributed by atoms with E-state index in [1.54, 1.807) is 41.4 Å². The summed E-state index contributed by atoms with van der Waals surface area (Å²) in [6.45, 7) is 2.42. The van der Waals surface area contributed by atoms with Crippen molar-refractivity contribution in [2.45, 2.75) is 51.6 Å². The van der Waals surface area contributed by atoms with E-state index in [0.717, 1.165) is 36.8 Å². The van der Waals surface area contributed by atoms with E-state index in [-0.39, 0.29) is 35.9 Å². The van der Waals surface area contributed by atoms with E-state index in [4.69, 9.17) is 4.74 Å². The van der Waals surface area contributed by atoms with Gasteiger partial charge in [-0.15, -0.1) is 5.10 Å². The van der Waals surface area contributed by atoms with Gasteiger partial charge in [-0.1, -0.05) is 17.7 Å². The number of hydrogen-bond acceptors (Lipinski definition) is 5. The van der Waals surface area contributed by atoms with Crippen LogP contribution in [0.3, 0.4) is 0 Å². The number of halogens is 2. The van der Waals surface area contributed by atoms with Gasteiger partial charge in [0.05, 0.1) is 6.20 Å². The number of unbranched alkanes of at least 4 members (excludes halogenated alkanes) is 1. The van der Waals surface area contributed by atoms with Gasteiger partial charge in [0.1, 0.15) is 35.7 Å². The Morgan fingerprint density at radius 1 is 0.976 bits per heavy atom. The van der Waals surface area contributed by atoms with Crippen LogP contribution in [0, 0.1) is 24.5 Å². The molecule has 218 valence electrons. The highest BCUT2D eigenvalue weighted by molar-refractivity contribution is 5.97. The molecule has 4 aromatic rings. The van der Waals surface area contributed by atoms with Crippen molar-refractivity contribution in [3.8, 4) is 11.5 Å². The van der Waals surface area contributed by atoms with E-state index in [1.165, 1.54) is 41.2 Å². The molecule has 1 aliphatic rings. The number of aromatic nitrogens is 3. The zero-order valence-electron chi connectivity index (χ0n) is 23.4. The summed E-state index contributed by atoms with van der Waals surface area (Å²) in [5, 5.41) is 10.6. The van der Waals surface area contributed by atoms with Gasteiger partial charge in [0.25, 0.3) is 0 Å². The number of anilines is 1. The van der Waals surface area contributed by atoms with Crippen LogP contribution in [0.15, 0.2) is 79.1 Å². The Hall–Kier alpha value is -4.60. The monoisotopic (exact) mass is 573 g/mol. The summed E-state index contributed by atoms with van der Waals surface area (Å²) in [4.78, 5) is 28.3. The molecule has 1 aromatic heterocycles. The topological polar surface area (TPSA) is 89.4 Å². The van der Waals surface area contributed by atoms with E-state index in [9.17, 15) is 18.4 Å². The molecule has 3 aromatic carbocycles. The highest BCUT2D eigenvalue weighted by Crippen LogP contribution is 2.30. The zero-order chi connectivity index (χ0) is 29.5. The zero-order valence-corrected chi connectivity index (χ0v) is 23.4. The number of nitrogens with one attached hydrogen (secondary N) is 1. The molecule has 2 heterocycles. The fourth-order valence-corrected chi connectivity index (χ4v) is 5.36. The van der Waals surface area contributed by atoms with Crippen molar-refractivity contribution in [3.05, 3.63) is 102 Å². The SMILES string of the molecule is Cc1cc(F)ccc1CCCCC1CC(C(=O)Nc2ccc(Oc3ccc(F)cc3)cc2)N(C(=O)Cn2ccnn2)C1. The first-order valence-electron chi connectivity index (χ1n) is 14.1. The Morgan fingerprint density at radius 3 is 2.38 bits per heavy atom. The summed E-state index contributed by atoms with van der Waals surface area (Å²) in [5.74, 6) is 0.216. The van der Waals surface area contributed by atoms with Crippen LogP contribution < -0.4 is 10.1 Å². The Kier molecular flexibility index (Phi) is 9.21. The Balaban J connectivity index is 1.19. The first-order chi connectivity index (χ1) is 20.3. The van der Waals surface area contributed by atoms with Crippen molar-refractivity contribution < 1.29 is 23.1 Å². The quantitative estimate of drug-likeness (QED) is 0.225. The highest BCUT2D eigenvalue weighted by Gasteiger charge is 2.39. The molecule has 1 aliphatic heterocycles. The molecule has 10 heteroatoms. The van der Waals surface area contributed by atoms with E-state index in [2.05, 4.69) is 15.6 Å². The molecule has 1 saturated heterocycles. The summed E-state index contributed by atoms with van der Waals surface area (Å²) in [6.07, 6.45) is 7.32. The summed E-state index contributed by atoms with van der Waals surface area (Å²) in [7, 11) is 0. The van der Waals surface area contributed by atoms with Crippen LogP contribution in [0.5, 0.6) is 11.5 Å². The number of amides is 2. The molecule has 2 unspecified atom stereocenters. The first-order valence-corrected chi connectivity index (χ1v) is 14.1. The van der Waals surface area contributed by atoms with Gasteiger partial charge in [-0.25, -0.2) is 13.5 Å². The maximum Gasteiger partial charge on any atom is 0.247 e. The van der Waals surface area contributed by atoms with Gasteiger partial charge in [0.2, 0.25) is 11.8 Å². The molecular weight excluding hydrogens is 540 g/mol. The first kappa shape index (κ1) is 28.9. The average molecular weight is 574 g/mol. The van der Waals surface area contributed by atoms with Crippen LogP contribution in [0.4, 0.5) is 14.5 Å². The summed E-state index contributed by atoms with van der Waals surface area (Å²) < 4.78 is 33.8. The number of likely N-dealkylation sites (tertiary alicyclic amines) is 1. The third-order valence-corrected chi connectivity index (χ3v) is 7.56. The van der Waals surface area contributed by atoms with Crippen LogP contribution in [0.25, 0.3) is 0 Å². The molecule has 2 amide bonds. The molecule has 8 nitrogen and oxygen atoms in total. The molecular formula is C32H33F2N5O3. The van der Waals surface area contributed by atoms with Crippen LogP contribution >= 0.6 is 0 Å². The number of carbonyl (C=O) groups excluding carboxylic acids is 2. The van der Waals surface area contributed by atoms with E-state index >= 15 is 0 Å². The van der Waals surface area contributed by atoms with E-state index < -0.39 is 6.04 Å². The smallest absolute Gasteiger partial charge is 0.247 e. The fourth-order valence-electron chi connectivity index (χ4n) is 5.36. The maximum atomic E-state index is 13.4. The normalized spacial score (nSPS) is 16.4. The Bertz CT molecular complexity index is 1490. The highest BCUT2D eigenvalue weighted by atomic mass is 19.1. The van der Waals surface area contributed by atoms with Crippen molar-refractivity contribution in [1.82, 2.24) is 19.9 Å². The molecule has 0 spiro atoms. The van der Waals surface area contributed by atoms with E-state index in [1.807, 2.05) is 13.0 Å². The molecule has 1 N–H and O–H groups in total. The fraction of sp³-hybridized carbons (Fsp3) is 0.312. The van der Waals surface area contributed by atoms with Gasteiger partial charge in [0.15, 0.2) is 0 Å². The summed E-state index contributed by atoms with van der Waals surface area (Å²) in [5.41, 5.74) is 2.67. The number of aryl methyl sites for hydroxylation is 2. The Morgan fingerprint density at radius 2 is 1.69 bits per heavy atom. The molecule has 0 bridgehead atoms. The number of hydrogen-bond donors (Lipinski definition) is 1. The lowest BCUT2D eigenvalue weighted by Crippen LogP contribution is -2.44. The second-order valence-electron chi connectivity index (χ2n) is 10.7. The summed E-state index contributed by atoms with van der Waals surface area (Å²) in [6, 6.07) is 16.9. The van der Waals surface area contributed by atoms with Crippen molar-refractivity contribution in [2.75, 3.05) is 11.9 Å². The minimum atomic E-state index is -0.611. The predicted octanol–water partition coefficient (Wildman–Crippen LogP) is 5.93. The van der Waals surface area contributed by atoms with Gasteiger partial charge < -0.3 is 15.0 Å². The number of rotatable bonds is 11. The predicted molar refractivity (Wildman–Crippen MR) is 154 cm³/mol. The second kappa shape index (κ2) is 13.4. The van der Waals surface area contributed by atoms with Crippen molar-refractivity contribution in [2.24, 2.45) is 5.92 Å². The van der Waals surface area contributed by atoms with Crippen LogP contribution in [0.1, 0.15) is 36.8 Å². The lowest BCUT2D eigenvalue weighted by atomic mass is 9.96. The number of benzene rings is 3. The molecule has 1 fully saturated rings. The average Bonchev–Trinajstić information content (AvgIpc) is 3.65. The molecule has 0 radical (unpaired) electrons. The lowest BCUT2D eigenvalue weighted by Gasteiger charge is -2.24. The minimum Gasteiger partial charge on any atom is -0.457 e. The third kappa shape index (κ3) is 7.57. The number of ether oxygens (including phenoxy) is 1. The van der Waals surface area contributed by atoms with Gasteiger partial charge >= 0.3 is 0 Å². The minimum absolute atomic E-state index is 0.00969. The van der Waals surface area contributed by atoms with Crippen molar-refractivity contribution >= 4 is 17.5 Å². The molecule has 2 atom stereocenters. The maximum absolute atomic E-state index is 13.4. The third-order valence-electron chi connectivity index (χ3n) is 7.56.